The molecule has 0 N–H and O–H groups in total. The first-order valence-corrected chi connectivity index (χ1v) is 21.7. The Balaban J connectivity index is 1.25. The molecule has 0 atom stereocenters. The van der Waals surface area contributed by atoms with Gasteiger partial charge < -0.3 is 0 Å². The number of rotatable bonds is 20. The molecule has 248 valence electrons. The van der Waals surface area contributed by atoms with Crippen molar-refractivity contribution < 1.29 is 0 Å². The van der Waals surface area contributed by atoms with Crippen molar-refractivity contribution in [2.75, 3.05) is 0 Å². The highest BCUT2D eigenvalue weighted by Crippen LogP contribution is 2.16. The van der Waals surface area contributed by atoms with Crippen LogP contribution in [0.2, 0.25) is 13.1 Å². The van der Waals surface area contributed by atoms with E-state index >= 15 is 0 Å². The van der Waals surface area contributed by atoms with Crippen LogP contribution in [0.3, 0.4) is 0 Å². The molecule has 0 spiro atoms. The van der Waals surface area contributed by atoms with Crippen molar-refractivity contribution >= 4 is 42.8 Å². The van der Waals surface area contributed by atoms with Gasteiger partial charge in [0.2, 0.25) is 0 Å². The van der Waals surface area contributed by atoms with Gasteiger partial charge in [0.15, 0.2) is 0 Å². The number of aryl methyl sites for hydroxylation is 2. The lowest BCUT2D eigenvalue weighted by atomic mass is 10.0. The van der Waals surface area contributed by atoms with E-state index in [0.717, 1.165) is 0 Å². The Labute approximate surface area is 289 Å². The Morgan fingerprint density at radius 3 is 0.957 bits per heavy atom. The molecule has 0 heterocycles. The maximum absolute atomic E-state index is 2.46. The fourth-order valence-electron chi connectivity index (χ4n) is 6.38. The molecule has 0 nitrogen and oxygen atoms in total. The monoisotopic (exact) mass is 640 g/mol. The molecule has 0 bridgehead atoms. The van der Waals surface area contributed by atoms with Crippen molar-refractivity contribution in [3.05, 3.63) is 130 Å². The number of unbranched alkanes of at least 4 members (excludes halogenated alkanes) is 10. The van der Waals surface area contributed by atoms with E-state index in [2.05, 4.69) is 148 Å². The van der Waals surface area contributed by atoms with Crippen LogP contribution in [0, 0.1) is 0 Å². The molecule has 0 aromatic heterocycles. The fraction of sp³-hybridized carbons (Fsp3) is 0.391. The van der Waals surface area contributed by atoms with Crippen LogP contribution >= 0.6 is 0 Å². The standard InChI is InChI=1S/C46H60Si/c1-5-7-9-11-13-15-17-39-19-23-41(24-20-39)27-29-43-31-35-45(36-32-43)47(3,4)46-37-33-44(34-38-46)30-28-42-25-21-40(22-26-42)18-16-14-12-10-8-6-2/h19-38H,5-18H2,1-4H3/b29-27+,30-28+. The van der Waals surface area contributed by atoms with Crippen LogP contribution in [-0.2, 0) is 12.8 Å². The lowest BCUT2D eigenvalue weighted by molar-refractivity contribution is 0.607. The summed E-state index contributed by atoms with van der Waals surface area (Å²) in [6, 6.07) is 36.8. The molecular formula is C46H60Si. The fourth-order valence-corrected chi connectivity index (χ4v) is 8.72. The molecule has 0 fully saturated rings. The van der Waals surface area contributed by atoms with E-state index in [-0.39, 0.29) is 0 Å². The summed E-state index contributed by atoms with van der Waals surface area (Å²) >= 11 is 0. The lowest BCUT2D eigenvalue weighted by Gasteiger charge is -2.24. The van der Waals surface area contributed by atoms with Gasteiger partial charge in [0.25, 0.3) is 0 Å². The predicted molar refractivity (Wildman–Crippen MR) is 215 cm³/mol. The minimum atomic E-state index is -1.78. The lowest BCUT2D eigenvalue weighted by Crippen LogP contribution is -2.52. The molecule has 0 aliphatic carbocycles. The first-order chi connectivity index (χ1) is 23.0. The molecule has 1 heteroatoms. The summed E-state index contributed by atoms with van der Waals surface area (Å²) in [6.45, 7) is 9.48. The van der Waals surface area contributed by atoms with E-state index in [1.807, 2.05) is 0 Å². The summed E-state index contributed by atoms with van der Waals surface area (Å²) in [5.74, 6) is 0. The molecule has 0 radical (unpaired) electrons. The first kappa shape index (κ1) is 36.4. The second-order valence-corrected chi connectivity index (χ2v) is 18.5. The van der Waals surface area contributed by atoms with E-state index < -0.39 is 8.07 Å². The Morgan fingerprint density at radius 2 is 0.638 bits per heavy atom. The smallest absolute Gasteiger partial charge is 0.0654 e. The van der Waals surface area contributed by atoms with Gasteiger partial charge in [-0.1, -0.05) is 223 Å². The minimum absolute atomic E-state index is 1.20. The summed E-state index contributed by atoms with van der Waals surface area (Å²) in [7, 11) is -1.78. The minimum Gasteiger partial charge on any atom is -0.0654 e. The van der Waals surface area contributed by atoms with Crippen LogP contribution < -0.4 is 10.4 Å². The van der Waals surface area contributed by atoms with Gasteiger partial charge in [-0.3, -0.25) is 0 Å². The van der Waals surface area contributed by atoms with Crippen LogP contribution in [-0.4, -0.2) is 8.07 Å². The van der Waals surface area contributed by atoms with E-state index in [1.165, 1.54) is 134 Å². The van der Waals surface area contributed by atoms with Crippen LogP contribution in [0.4, 0.5) is 0 Å². The Morgan fingerprint density at radius 1 is 0.362 bits per heavy atom. The van der Waals surface area contributed by atoms with Gasteiger partial charge in [-0.05, 0) is 59.1 Å². The quantitative estimate of drug-likeness (QED) is 0.0512. The molecule has 0 saturated carbocycles. The Kier molecular flexibility index (Phi) is 15.5. The third-order valence-corrected chi connectivity index (χ3v) is 13.4. The second kappa shape index (κ2) is 20.1. The molecular weight excluding hydrogens is 581 g/mol. The van der Waals surface area contributed by atoms with Crippen LogP contribution in [0.1, 0.15) is 124 Å². The second-order valence-electron chi connectivity index (χ2n) is 14.1. The van der Waals surface area contributed by atoms with E-state index in [4.69, 9.17) is 0 Å². The zero-order chi connectivity index (χ0) is 33.2. The number of benzene rings is 4. The number of hydrogen-bond acceptors (Lipinski definition) is 0. The van der Waals surface area contributed by atoms with Crippen molar-refractivity contribution in [1.29, 1.82) is 0 Å². The van der Waals surface area contributed by atoms with Crippen LogP contribution in [0.25, 0.3) is 24.3 Å². The largest absolute Gasteiger partial charge is 0.112 e. The maximum atomic E-state index is 2.46. The van der Waals surface area contributed by atoms with Gasteiger partial charge in [-0.25, -0.2) is 0 Å². The average Bonchev–Trinajstić information content (AvgIpc) is 3.11. The van der Waals surface area contributed by atoms with Crippen molar-refractivity contribution in [1.82, 2.24) is 0 Å². The molecule has 4 rings (SSSR count). The summed E-state index contributed by atoms with van der Waals surface area (Å²) in [5, 5.41) is 2.94. The van der Waals surface area contributed by atoms with Crippen LogP contribution in [0.5, 0.6) is 0 Å². The molecule has 0 unspecified atom stereocenters. The first-order valence-electron chi connectivity index (χ1n) is 18.7. The third-order valence-electron chi connectivity index (χ3n) is 9.80. The molecule has 0 saturated heterocycles. The molecule has 4 aromatic carbocycles. The molecule has 0 aliphatic heterocycles. The van der Waals surface area contributed by atoms with Crippen molar-refractivity contribution in [3.8, 4) is 0 Å². The summed E-state index contributed by atoms with van der Waals surface area (Å²) < 4.78 is 0. The highest BCUT2D eigenvalue weighted by Gasteiger charge is 2.25. The maximum Gasteiger partial charge on any atom is 0.112 e. The summed E-state index contributed by atoms with van der Waals surface area (Å²) in [6.07, 6.45) is 27.6. The van der Waals surface area contributed by atoms with Gasteiger partial charge in [-0.2, -0.15) is 0 Å². The highest BCUT2D eigenvalue weighted by atomic mass is 28.3. The SMILES string of the molecule is CCCCCCCCc1ccc(/C=C/c2ccc([Si](C)(C)c3ccc(/C=C/c4ccc(CCCCCCCC)cc4)cc3)cc2)cc1. The summed E-state index contributed by atoms with van der Waals surface area (Å²) in [4.78, 5) is 0. The van der Waals surface area contributed by atoms with Crippen molar-refractivity contribution in [2.24, 2.45) is 0 Å². The van der Waals surface area contributed by atoms with Crippen molar-refractivity contribution in [3.63, 3.8) is 0 Å². The summed E-state index contributed by atoms with van der Waals surface area (Å²) in [5.41, 5.74) is 7.97. The molecule has 0 amide bonds. The predicted octanol–water partition coefficient (Wildman–Crippen LogP) is 12.7. The van der Waals surface area contributed by atoms with Crippen LogP contribution in [0.15, 0.2) is 97.1 Å². The Hall–Kier alpha value is -3.42. The molecule has 47 heavy (non-hydrogen) atoms. The molecule has 4 aromatic rings. The molecule has 0 aliphatic rings. The zero-order valence-electron chi connectivity index (χ0n) is 29.9. The van der Waals surface area contributed by atoms with Gasteiger partial charge >= 0.3 is 0 Å². The average molecular weight is 641 g/mol. The van der Waals surface area contributed by atoms with E-state index in [1.54, 1.807) is 0 Å². The van der Waals surface area contributed by atoms with Gasteiger partial charge in [0.05, 0.1) is 0 Å². The highest BCUT2D eigenvalue weighted by molar-refractivity contribution is 7.00. The van der Waals surface area contributed by atoms with E-state index in [0.29, 0.717) is 0 Å². The van der Waals surface area contributed by atoms with Gasteiger partial charge in [-0.15, -0.1) is 0 Å². The normalized spacial score (nSPS) is 12.0. The topological polar surface area (TPSA) is 0 Å². The number of hydrogen-bond donors (Lipinski definition) is 0. The van der Waals surface area contributed by atoms with Gasteiger partial charge in [0.1, 0.15) is 8.07 Å². The van der Waals surface area contributed by atoms with Crippen molar-refractivity contribution in [2.45, 2.75) is 117 Å². The zero-order valence-corrected chi connectivity index (χ0v) is 30.9. The van der Waals surface area contributed by atoms with E-state index in [9.17, 15) is 0 Å². The third kappa shape index (κ3) is 12.6. The van der Waals surface area contributed by atoms with Gasteiger partial charge in [0, 0.05) is 0 Å². The Bertz CT molecular complexity index is 1350.